The standard InChI is InChI=1S/C18H22N2O3/c1-12(2)19-14-6-8-15(9-7-14)20-18(21)13-5-10-16(22-3)17(11-13)23-4/h5-12,19H,1-4H3,(H,20,21). The molecule has 2 rings (SSSR count). The fourth-order valence-electron chi connectivity index (χ4n) is 2.16. The van der Waals surface area contributed by atoms with E-state index in [1.807, 2.05) is 24.3 Å². The fraction of sp³-hybridized carbons (Fsp3) is 0.278. The summed E-state index contributed by atoms with van der Waals surface area (Å²) in [6.07, 6.45) is 0. The molecule has 2 N–H and O–H groups in total. The SMILES string of the molecule is COc1ccc(C(=O)Nc2ccc(NC(C)C)cc2)cc1OC. The lowest BCUT2D eigenvalue weighted by Gasteiger charge is -2.12. The van der Waals surface area contributed by atoms with Crippen molar-refractivity contribution in [1.82, 2.24) is 0 Å². The van der Waals surface area contributed by atoms with Crippen molar-refractivity contribution in [2.24, 2.45) is 0 Å². The van der Waals surface area contributed by atoms with E-state index < -0.39 is 0 Å². The van der Waals surface area contributed by atoms with Crippen LogP contribution in [-0.2, 0) is 0 Å². The van der Waals surface area contributed by atoms with E-state index in [1.54, 1.807) is 32.4 Å². The molecule has 0 aliphatic heterocycles. The third-order valence-electron chi connectivity index (χ3n) is 3.24. The van der Waals surface area contributed by atoms with Crippen molar-refractivity contribution in [3.63, 3.8) is 0 Å². The van der Waals surface area contributed by atoms with Gasteiger partial charge in [0.1, 0.15) is 0 Å². The van der Waals surface area contributed by atoms with Gasteiger partial charge in [0.25, 0.3) is 5.91 Å². The van der Waals surface area contributed by atoms with Crippen LogP contribution in [0.2, 0.25) is 0 Å². The second-order valence-corrected chi connectivity index (χ2v) is 5.40. The lowest BCUT2D eigenvalue weighted by Crippen LogP contribution is -2.12. The Bertz CT molecular complexity index is 666. The predicted molar refractivity (Wildman–Crippen MR) is 92.7 cm³/mol. The lowest BCUT2D eigenvalue weighted by molar-refractivity contribution is 0.102. The number of benzene rings is 2. The predicted octanol–water partition coefficient (Wildman–Crippen LogP) is 3.78. The van der Waals surface area contributed by atoms with Gasteiger partial charge < -0.3 is 20.1 Å². The number of nitrogens with one attached hydrogen (secondary N) is 2. The maximum Gasteiger partial charge on any atom is 0.255 e. The number of rotatable bonds is 6. The van der Waals surface area contributed by atoms with Crippen molar-refractivity contribution >= 4 is 17.3 Å². The van der Waals surface area contributed by atoms with Crippen LogP contribution >= 0.6 is 0 Å². The summed E-state index contributed by atoms with van der Waals surface area (Å²) in [6.45, 7) is 4.15. The van der Waals surface area contributed by atoms with E-state index in [0.29, 0.717) is 23.1 Å². The minimum atomic E-state index is -0.199. The van der Waals surface area contributed by atoms with Gasteiger partial charge in [-0.15, -0.1) is 0 Å². The maximum atomic E-state index is 12.3. The molecule has 0 fully saturated rings. The largest absolute Gasteiger partial charge is 0.493 e. The maximum absolute atomic E-state index is 12.3. The molecule has 1 amide bonds. The Morgan fingerprint density at radius 1 is 0.913 bits per heavy atom. The Balaban J connectivity index is 2.09. The zero-order chi connectivity index (χ0) is 16.8. The van der Waals surface area contributed by atoms with Crippen molar-refractivity contribution in [2.45, 2.75) is 19.9 Å². The minimum Gasteiger partial charge on any atom is -0.493 e. The Labute approximate surface area is 136 Å². The second-order valence-electron chi connectivity index (χ2n) is 5.40. The normalized spacial score (nSPS) is 10.3. The lowest BCUT2D eigenvalue weighted by atomic mass is 10.1. The van der Waals surface area contributed by atoms with Gasteiger partial charge in [0.05, 0.1) is 14.2 Å². The van der Waals surface area contributed by atoms with Gasteiger partial charge in [0.2, 0.25) is 0 Å². The number of hydrogen-bond acceptors (Lipinski definition) is 4. The van der Waals surface area contributed by atoms with Gasteiger partial charge in [-0.2, -0.15) is 0 Å². The quantitative estimate of drug-likeness (QED) is 0.852. The van der Waals surface area contributed by atoms with Crippen LogP contribution in [0.4, 0.5) is 11.4 Å². The first-order valence-corrected chi connectivity index (χ1v) is 7.43. The van der Waals surface area contributed by atoms with Gasteiger partial charge in [-0.25, -0.2) is 0 Å². The molecule has 0 aliphatic carbocycles. The molecule has 0 radical (unpaired) electrons. The minimum absolute atomic E-state index is 0.199. The van der Waals surface area contributed by atoms with E-state index in [9.17, 15) is 4.79 Å². The molecular formula is C18H22N2O3. The average molecular weight is 314 g/mol. The average Bonchev–Trinajstić information content (AvgIpc) is 2.55. The van der Waals surface area contributed by atoms with Crippen LogP contribution in [0, 0.1) is 0 Å². The van der Waals surface area contributed by atoms with Crippen LogP contribution in [0.5, 0.6) is 11.5 Å². The van der Waals surface area contributed by atoms with Crippen molar-refractivity contribution in [3.8, 4) is 11.5 Å². The zero-order valence-corrected chi connectivity index (χ0v) is 13.8. The number of methoxy groups -OCH3 is 2. The highest BCUT2D eigenvalue weighted by molar-refractivity contribution is 6.04. The number of carbonyl (C=O) groups excluding carboxylic acids is 1. The highest BCUT2D eigenvalue weighted by Gasteiger charge is 2.11. The van der Waals surface area contributed by atoms with E-state index in [4.69, 9.17) is 9.47 Å². The molecule has 5 heteroatoms. The number of hydrogen-bond donors (Lipinski definition) is 2. The van der Waals surface area contributed by atoms with Crippen LogP contribution < -0.4 is 20.1 Å². The molecule has 23 heavy (non-hydrogen) atoms. The van der Waals surface area contributed by atoms with E-state index in [-0.39, 0.29) is 5.91 Å². The zero-order valence-electron chi connectivity index (χ0n) is 13.8. The molecule has 0 unspecified atom stereocenters. The Hall–Kier alpha value is -2.69. The number of amides is 1. The van der Waals surface area contributed by atoms with E-state index in [2.05, 4.69) is 24.5 Å². The number of ether oxygens (including phenoxy) is 2. The van der Waals surface area contributed by atoms with Crippen LogP contribution in [0.1, 0.15) is 24.2 Å². The number of carbonyl (C=O) groups is 1. The molecule has 2 aromatic carbocycles. The first kappa shape index (κ1) is 16.7. The molecule has 0 saturated heterocycles. The molecule has 0 bridgehead atoms. The van der Waals surface area contributed by atoms with Crippen molar-refractivity contribution < 1.29 is 14.3 Å². The molecule has 0 spiro atoms. The molecule has 0 saturated carbocycles. The molecular weight excluding hydrogens is 292 g/mol. The molecule has 0 atom stereocenters. The van der Waals surface area contributed by atoms with Gasteiger partial charge in [-0.05, 0) is 56.3 Å². The molecule has 122 valence electrons. The molecule has 2 aromatic rings. The summed E-state index contributed by atoms with van der Waals surface area (Å²) in [6, 6.07) is 13.0. The topological polar surface area (TPSA) is 59.6 Å². The summed E-state index contributed by atoms with van der Waals surface area (Å²) in [4.78, 5) is 12.3. The highest BCUT2D eigenvalue weighted by atomic mass is 16.5. The van der Waals surface area contributed by atoms with Gasteiger partial charge >= 0.3 is 0 Å². The van der Waals surface area contributed by atoms with Gasteiger partial charge in [0, 0.05) is 23.0 Å². The fourth-order valence-corrected chi connectivity index (χ4v) is 2.16. The number of anilines is 2. The third kappa shape index (κ3) is 4.39. The Morgan fingerprint density at radius 3 is 2.09 bits per heavy atom. The summed E-state index contributed by atoms with van der Waals surface area (Å²) >= 11 is 0. The van der Waals surface area contributed by atoms with Crippen LogP contribution in [0.25, 0.3) is 0 Å². The summed E-state index contributed by atoms with van der Waals surface area (Å²) < 4.78 is 10.4. The van der Waals surface area contributed by atoms with E-state index in [0.717, 1.165) is 11.4 Å². The Morgan fingerprint density at radius 2 is 1.52 bits per heavy atom. The van der Waals surface area contributed by atoms with Gasteiger partial charge in [-0.3, -0.25) is 4.79 Å². The first-order valence-electron chi connectivity index (χ1n) is 7.43. The summed E-state index contributed by atoms with van der Waals surface area (Å²) in [5.74, 6) is 0.917. The van der Waals surface area contributed by atoms with Gasteiger partial charge in [0.15, 0.2) is 11.5 Å². The van der Waals surface area contributed by atoms with Crippen molar-refractivity contribution in [1.29, 1.82) is 0 Å². The second kappa shape index (κ2) is 7.54. The Kier molecular flexibility index (Phi) is 5.46. The molecule has 0 aliphatic rings. The van der Waals surface area contributed by atoms with E-state index >= 15 is 0 Å². The molecule has 0 heterocycles. The first-order chi connectivity index (χ1) is 11.0. The van der Waals surface area contributed by atoms with E-state index in [1.165, 1.54) is 0 Å². The van der Waals surface area contributed by atoms with Gasteiger partial charge in [-0.1, -0.05) is 0 Å². The smallest absolute Gasteiger partial charge is 0.255 e. The molecule has 0 aromatic heterocycles. The summed E-state index contributed by atoms with van der Waals surface area (Å²) in [7, 11) is 3.10. The van der Waals surface area contributed by atoms with Crippen molar-refractivity contribution in [2.75, 3.05) is 24.9 Å². The van der Waals surface area contributed by atoms with Crippen molar-refractivity contribution in [3.05, 3.63) is 48.0 Å². The summed E-state index contributed by atoms with van der Waals surface area (Å²) in [5, 5.41) is 6.17. The molecule has 5 nitrogen and oxygen atoms in total. The van der Waals surface area contributed by atoms with Crippen LogP contribution in [-0.4, -0.2) is 26.2 Å². The third-order valence-corrected chi connectivity index (χ3v) is 3.24. The summed E-state index contributed by atoms with van der Waals surface area (Å²) in [5.41, 5.74) is 2.26. The van der Waals surface area contributed by atoms with Crippen LogP contribution in [0.15, 0.2) is 42.5 Å². The monoisotopic (exact) mass is 314 g/mol. The van der Waals surface area contributed by atoms with Crippen LogP contribution in [0.3, 0.4) is 0 Å². The highest BCUT2D eigenvalue weighted by Crippen LogP contribution is 2.28.